The van der Waals surface area contributed by atoms with Crippen LogP contribution in [0.3, 0.4) is 0 Å². The standard InChI is InChI=1S/C22H15NO3/c24-22(25)17-9-6-15(7-10-17)8-13-21-23-19-14-18(11-12-20(19)26-21)16-4-2-1-3-5-16/h1-14H,(H,24,25)/b13-8+. The first-order valence-electron chi connectivity index (χ1n) is 8.16. The molecule has 0 aliphatic carbocycles. The summed E-state index contributed by atoms with van der Waals surface area (Å²) in [4.78, 5) is 15.4. The summed E-state index contributed by atoms with van der Waals surface area (Å²) in [7, 11) is 0. The molecule has 4 heteroatoms. The van der Waals surface area contributed by atoms with E-state index in [0.29, 0.717) is 5.89 Å². The van der Waals surface area contributed by atoms with Crippen LogP contribution < -0.4 is 0 Å². The lowest BCUT2D eigenvalue weighted by atomic mass is 10.1. The normalized spacial score (nSPS) is 11.2. The molecule has 3 aromatic carbocycles. The fourth-order valence-corrected chi connectivity index (χ4v) is 2.73. The second-order valence-electron chi connectivity index (χ2n) is 5.86. The number of carbonyl (C=O) groups is 1. The van der Waals surface area contributed by atoms with Crippen LogP contribution in [-0.4, -0.2) is 16.1 Å². The molecule has 1 aromatic heterocycles. The molecule has 0 aliphatic heterocycles. The fraction of sp³-hybridized carbons (Fsp3) is 0. The van der Waals surface area contributed by atoms with Crippen molar-refractivity contribution < 1.29 is 14.3 Å². The minimum Gasteiger partial charge on any atom is -0.478 e. The van der Waals surface area contributed by atoms with Crippen LogP contribution in [-0.2, 0) is 0 Å². The Balaban J connectivity index is 1.60. The summed E-state index contributed by atoms with van der Waals surface area (Å²) < 4.78 is 5.75. The van der Waals surface area contributed by atoms with Gasteiger partial charge in [0.2, 0.25) is 5.89 Å². The molecule has 4 nitrogen and oxygen atoms in total. The molecule has 0 amide bonds. The highest BCUT2D eigenvalue weighted by Crippen LogP contribution is 2.25. The topological polar surface area (TPSA) is 63.3 Å². The average Bonchev–Trinajstić information content (AvgIpc) is 3.09. The first kappa shape index (κ1) is 15.8. The molecule has 0 atom stereocenters. The van der Waals surface area contributed by atoms with Crippen molar-refractivity contribution >= 4 is 29.2 Å². The fourth-order valence-electron chi connectivity index (χ4n) is 2.73. The zero-order chi connectivity index (χ0) is 17.9. The zero-order valence-electron chi connectivity index (χ0n) is 13.8. The van der Waals surface area contributed by atoms with E-state index in [1.54, 1.807) is 30.3 Å². The molecule has 1 heterocycles. The molecule has 0 saturated heterocycles. The van der Waals surface area contributed by atoms with E-state index >= 15 is 0 Å². The van der Waals surface area contributed by atoms with Gasteiger partial charge in [0, 0.05) is 6.08 Å². The lowest BCUT2D eigenvalue weighted by Gasteiger charge is -1.99. The first-order chi connectivity index (χ1) is 12.7. The maximum atomic E-state index is 10.9. The van der Waals surface area contributed by atoms with E-state index < -0.39 is 5.97 Å². The van der Waals surface area contributed by atoms with E-state index in [1.165, 1.54) is 0 Å². The number of hydrogen-bond donors (Lipinski definition) is 1. The van der Waals surface area contributed by atoms with E-state index in [2.05, 4.69) is 17.1 Å². The summed E-state index contributed by atoms with van der Waals surface area (Å²) in [6.45, 7) is 0. The van der Waals surface area contributed by atoms with E-state index in [-0.39, 0.29) is 5.56 Å². The van der Waals surface area contributed by atoms with E-state index in [0.717, 1.165) is 27.8 Å². The molecule has 4 aromatic rings. The van der Waals surface area contributed by atoms with Crippen molar-refractivity contribution in [1.82, 2.24) is 4.98 Å². The quantitative estimate of drug-likeness (QED) is 0.542. The van der Waals surface area contributed by atoms with Gasteiger partial charge in [0.15, 0.2) is 5.58 Å². The summed E-state index contributed by atoms with van der Waals surface area (Å²) in [5.41, 5.74) is 4.89. The van der Waals surface area contributed by atoms with Gasteiger partial charge in [0.1, 0.15) is 5.52 Å². The number of benzene rings is 3. The molecule has 0 fully saturated rings. The van der Waals surface area contributed by atoms with E-state index in [4.69, 9.17) is 9.52 Å². The Labute approximate surface area is 150 Å². The van der Waals surface area contributed by atoms with Crippen molar-refractivity contribution in [3.05, 3.63) is 89.8 Å². The highest BCUT2D eigenvalue weighted by atomic mass is 16.4. The number of oxazole rings is 1. The summed E-state index contributed by atoms with van der Waals surface area (Å²) in [5.74, 6) is -0.429. The molecule has 4 rings (SSSR count). The van der Waals surface area contributed by atoms with Gasteiger partial charge in [-0.2, -0.15) is 0 Å². The Bertz CT molecular complexity index is 1090. The lowest BCUT2D eigenvalue weighted by Crippen LogP contribution is -1.94. The number of hydrogen-bond acceptors (Lipinski definition) is 3. The summed E-state index contributed by atoms with van der Waals surface area (Å²) in [6, 6.07) is 22.7. The predicted molar refractivity (Wildman–Crippen MR) is 102 cm³/mol. The molecule has 0 aliphatic rings. The maximum Gasteiger partial charge on any atom is 0.335 e. The average molecular weight is 341 g/mol. The molecule has 0 radical (unpaired) electrons. The molecule has 1 N–H and O–H groups in total. The minimum absolute atomic E-state index is 0.262. The summed E-state index contributed by atoms with van der Waals surface area (Å²) >= 11 is 0. The minimum atomic E-state index is -0.936. The largest absolute Gasteiger partial charge is 0.478 e. The van der Waals surface area contributed by atoms with Crippen molar-refractivity contribution in [2.45, 2.75) is 0 Å². The second-order valence-corrected chi connectivity index (χ2v) is 5.86. The smallest absolute Gasteiger partial charge is 0.335 e. The van der Waals surface area contributed by atoms with Gasteiger partial charge in [-0.1, -0.05) is 48.5 Å². The third-order valence-electron chi connectivity index (χ3n) is 4.09. The number of aromatic nitrogens is 1. The van der Waals surface area contributed by atoms with Gasteiger partial charge in [-0.15, -0.1) is 0 Å². The Morgan fingerprint density at radius 3 is 2.38 bits per heavy atom. The summed E-state index contributed by atoms with van der Waals surface area (Å²) in [5, 5.41) is 8.93. The van der Waals surface area contributed by atoms with Crippen LogP contribution >= 0.6 is 0 Å². The molecular weight excluding hydrogens is 326 g/mol. The third-order valence-corrected chi connectivity index (χ3v) is 4.09. The zero-order valence-corrected chi connectivity index (χ0v) is 13.8. The molecular formula is C22H15NO3. The second kappa shape index (κ2) is 6.69. The van der Waals surface area contributed by atoms with Gasteiger partial charge >= 0.3 is 5.97 Å². The number of carboxylic acid groups (broad SMARTS) is 1. The van der Waals surface area contributed by atoms with Gasteiger partial charge in [0.05, 0.1) is 5.56 Å². The van der Waals surface area contributed by atoms with E-state index in [9.17, 15) is 4.79 Å². The van der Waals surface area contributed by atoms with Gasteiger partial charge < -0.3 is 9.52 Å². The van der Waals surface area contributed by atoms with Crippen molar-refractivity contribution in [2.24, 2.45) is 0 Å². The Hall–Kier alpha value is -3.66. The van der Waals surface area contributed by atoms with Crippen LogP contribution in [0.1, 0.15) is 21.8 Å². The third kappa shape index (κ3) is 3.26. The van der Waals surface area contributed by atoms with Gasteiger partial charge in [-0.25, -0.2) is 9.78 Å². The van der Waals surface area contributed by atoms with Crippen LogP contribution in [0.4, 0.5) is 0 Å². The summed E-state index contributed by atoms with van der Waals surface area (Å²) in [6.07, 6.45) is 3.62. The SMILES string of the molecule is O=C(O)c1ccc(/C=C/c2nc3cc(-c4ccccc4)ccc3o2)cc1. The first-order valence-corrected chi connectivity index (χ1v) is 8.16. The Kier molecular flexibility index (Phi) is 4.07. The van der Waals surface area contributed by atoms with Crippen molar-refractivity contribution in [3.8, 4) is 11.1 Å². The van der Waals surface area contributed by atoms with Crippen molar-refractivity contribution in [1.29, 1.82) is 0 Å². The number of fused-ring (bicyclic) bond motifs is 1. The van der Waals surface area contributed by atoms with Crippen LogP contribution in [0.2, 0.25) is 0 Å². The van der Waals surface area contributed by atoms with Gasteiger partial charge in [-0.05, 0) is 47.0 Å². The van der Waals surface area contributed by atoms with Gasteiger partial charge in [0.25, 0.3) is 0 Å². The number of aromatic carboxylic acids is 1. The van der Waals surface area contributed by atoms with Crippen LogP contribution in [0.25, 0.3) is 34.4 Å². The molecule has 0 bridgehead atoms. The maximum absolute atomic E-state index is 10.9. The number of carboxylic acids is 1. The monoisotopic (exact) mass is 341 g/mol. The van der Waals surface area contributed by atoms with E-state index in [1.807, 2.05) is 42.5 Å². The molecule has 0 spiro atoms. The highest BCUT2D eigenvalue weighted by molar-refractivity contribution is 5.88. The van der Waals surface area contributed by atoms with Gasteiger partial charge in [-0.3, -0.25) is 0 Å². The molecule has 126 valence electrons. The van der Waals surface area contributed by atoms with Crippen LogP contribution in [0.5, 0.6) is 0 Å². The van der Waals surface area contributed by atoms with Crippen LogP contribution in [0.15, 0.2) is 77.2 Å². The molecule has 0 unspecified atom stereocenters. The number of nitrogens with zero attached hydrogens (tertiary/aromatic N) is 1. The van der Waals surface area contributed by atoms with Crippen molar-refractivity contribution in [2.75, 3.05) is 0 Å². The predicted octanol–water partition coefficient (Wildman–Crippen LogP) is 5.36. The Morgan fingerprint density at radius 2 is 1.65 bits per heavy atom. The molecule has 26 heavy (non-hydrogen) atoms. The lowest BCUT2D eigenvalue weighted by molar-refractivity contribution is 0.0697. The van der Waals surface area contributed by atoms with Crippen molar-refractivity contribution in [3.63, 3.8) is 0 Å². The highest BCUT2D eigenvalue weighted by Gasteiger charge is 2.06. The molecule has 0 saturated carbocycles. The number of rotatable bonds is 4. The van der Waals surface area contributed by atoms with Crippen LogP contribution in [0, 0.1) is 0 Å². The Morgan fingerprint density at radius 1 is 0.885 bits per heavy atom.